The molecule has 0 unspecified atom stereocenters. The van der Waals surface area contributed by atoms with Crippen LogP contribution in [0.4, 0.5) is 4.79 Å². The second kappa shape index (κ2) is 12.4. The first-order chi connectivity index (χ1) is 14.5. The first-order valence-corrected chi connectivity index (χ1v) is 10.5. The van der Waals surface area contributed by atoms with Crippen LogP contribution in [0.25, 0.3) is 0 Å². The molecule has 0 spiro atoms. The molecule has 160 valence electrons. The van der Waals surface area contributed by atoms with Gasteiger partial charge in [-0.1, -0.05) is 42.5 Å². The van der Waals surface area contributed by atoms with Crippen molar-refractivity contribution in [2.24, 2.45) is 0 Å². The average molecular weight is 430 g/mol. The lowest BCUT2D eigenvalue weighted by Crippen LogP contribution is -2.47. The van der Waals surface area contributed by atoms with Gasteiger partial charge < -0.3 is 19.9 Å². The average Bonchev–Trinajstić information content (AvgIpc) is 3.25. The molecule has 0 saturated carbocycles. The number of ether oxygens (including phenoxy) is 1. The Labute approximate surface area is 180 Å². The first-order valence-electron chi connectivity index (χ1n) is 9.66. The van der Waals surface area contributed by atoms with Crippen molar-refractivity contribution in [2.75, 3.05) is 26.2 Å². The Morgan fingerprint density at radius 3 is 2.50 bits per heavy atom. The van der Waals surface area contributed by atoms with Crippen LogP contribution in [-0.4, -0.2) is 53.9 Å². The van der Waals surface area contributed by atoms with Crippen molar-refractivity contribution in [3.8, 4) is 0 Å². The van der Waals surface area contributed by atoms with E-state index in [4.69, 9.17) is 4.74 Å². The minimum absolute atomic E-state index is 0.126. The van der Waals surface area contributed by atoms with E-state index < -0.39 is 12.0 Å². The first kappa shape index (κ1) is 23.2. The summed E-state index contributed by atoms with van der Waals surface area (Å²) in [6.07, 6.45) is 1.54. The summed E-state index contributed by atoms with van der Waals surface area (Å²) in [5.41, 5.74) is 1.00. The molecule has 2 rings (SSSR count). The van der Waals surface area contributed by atoms with Crippen LogP contribution in [-0.2, 0) is 27.4 Å². The second-order valence-electron chi connectivity index (χ2n) is 6.45. The number of thiophene rings is 1. The van der Waals surface area contributed by atoms with Gasteiger partial charge in [-0.05, 0) is 23.9 Å². The van der Waals surface area contributed by atoms with E-state index in [-0.39, 0.29) is 32.1 Å². The summed E-state index contributed by atoms with van der Waals surface area (Å²) in [7, 11) is 0. The zero-order chi connectivity index (χ0) is 21.8. The van der Waals surface area contributed by atoms with Gasteiger partial charge in [0.25, 0.3) is 0 Å². The van der Waals surface area contributed by atoms with E-state index in [2.05, 4.69) is 11.9 Å². The number of esters is 1. The van der Waals surface area contributed by atoms with E-state index in [1.165, 1.54) is 11.0 Å². The van der Waals surface area contributed by atoms with E-state index in [0.29, 0.717) is 13.1 Å². The Kier molecular flexibility index (Phi) is 9.60. The summed E-state index contributed by atoms with van der Waals surface area (Å²) in [6, 6.07) is 13.1. The molecule has 1 N–H and O–H groups in total. The zero-order valence-electron chi connectivity index (χ0n) is 17.1. The minimum atomic E-state index is -0.529. The molecule has 0 radical (unpaired) electrons. The van der Waals surface area contributed by atoms with Gasteiger partial charge in [0.15, 0.2) is 0 Å². The molecule has 2 aromatic rings. The Hall–Kier alpha value is -3.13. The van der Waals surface area contributed by atoms with E-state index in [9.17, 15) is 14.4 Å². The smallest absolute Gasteiger partial charge is 0.325 e. The van der Waals surface area contributed by atoms with Crippen LogP contribution in [0.3, 0.4) is 0 Å². The van der Waals surface area contributed by atoms with Crippen LogP contribution >= 0.6 is 11.3 Å². The summed E-state index contributed by atoms with van der Waals surface area (Å²) in [5.74, 6) is -0.723. The van der Waals surface area contributed by atoms with Crippen LogP contribution in [0, 0.1) is 0 Å². The monoisotopic (exact) mass is 429 g/mol. The highest BCUT2D eigenvalue weighted by Gasteiger charge is 2.22. The molecule has 0 aliphatic carbocycles. The molecule has 1 aromatic heterocycles. The summed E-state index contributed by atoms with van der Waals surface area (Å²) < 4.78 is 4.81. The van der Waals surface area contributed by atoms with Crippen molar-refractivity contribution in [3.63, 3.8) is 0 Å². The quantitative estimate of drug-likeness (QED) is 0.440. The highest BCUT2D eigenvalue weighted by atomic mass is 32.1. The summed E-state index contributed by atoms with van der Waals surface area (Å²) in [6.45, 7) is 6.27. The van der Waals surface area contributed by atoms with Crippen molar-refractivity contribution in [1.82, 2.24) is 15.1 Å². The molecule has 0 aliphatic heterocycles. The normalized spacial score (nSPS) is 10.2. The van der Waals surface area contributed by atoms with Crippen LogP contribution in [0.15, 0.2) is 60.5 Å². The maximum absolute atomic E-state index is 13.1. The van der Waals surface area contributed by atoms with Crippen LogP contribution < -0.4 is 5.32 Å². The van der Waals surface area contributed by atoms with Crippen LogP contribution in [0.5, 0.6) is 0 Å². The molecule has 0 bridgehead atoms. The Balaban J connectivity index is 2.06. The van der Waals surface area contributed by atoms with E-state index >= 15 is 0 Å². The van der Waals surface area contributed by atoms with Gasteiger partial charge in [-0.25, -0.2) is 4.79 Å². The summed E-state index contributed by atoms with van der Waals surface area (Å²) in [4.78, 5) is 41.1. The highest BCUT2D eigenvalue weighted by Crippen LogP contribution is 2.15. The number of carbonyl (C=O) groups excluding carboxylic acids is 3. The topological polar surface area (TPSA) is 79.0 Å². The lowest BCUT2D eigenvalue weighted by atomic mass is 10.2. The molecule has 0 saturated heterocycles. The van der Waals surface area contributed by atoms with Gasteiger partial charge in [-0.15, -0.1) is 17.9 Å². The molecule has 0 fully saturated rings. The Morgan fingerprint density at radius 2 is 1.87 bits per heavy atom. The number of hydrogen-bond acceptors (Lipinski definition) is 5. The fourth-order valence-corrected chi connectivity index (χ4v) is 3.46. The van der Waals surface area contributed by atoms with E-state index in [1.54, 1.807) is 23.2 Å². The van der Waals surface area contributed by atoms with Gasteiger partial charge in [0.1, 0.15) is 13.1 Å². The molecule has 0 atom stereocenters. The van der Waals surface area contributed by atoms with Crippen molar-refractivity contribution in [3.05, 3.63) is 70.9 Å². The van der Waals surface area contributed by atoms with Gasteiger partial charge in [0.05, 0.1) is 13.2 Å². The minimum Gasteiger partial charge on any atom is -0.465 e. The predicted octanol–water partition coefficient (Wildman–Crippen LogP) is 3.04. The molecule has 0 aliphatic rings. The molecule has 8 heteroatoms. The van der Waals surface area contributed by atoms with Crippen molar-refractivity contribution in [1.29, 1.82) is 0 Å². The lowest BCUT2D eigenvalue weighted by Gasteiger charge is -2.27. The number of benzene rings is 1. The third-order valence-electron chi connectivity index (χ3n) is 4.15. The Morgan fingerprint density at radius 1 is 1.10 bits per heavy atom. The summed E-state index contributed by atoms with van der Waals surface area (Å²) in [5, 5.41) is 4.45. The third kappa shape index (κ3) is 7.71. The van der Waals surface area contributed by atoms with Gasteiger partial charge in [0, 0.05) is 18.0 Å². The number of rotatable bonds is 11. The molecule has 30 heavy (non-hydrogen) atoms. The van der Waals surface area contributed by atoms with Crippen LogP contribution in [0.2, 0.25) is 0 Å². The largest absolute Gasteiger partial charge is 0.465 e. The third-order valence-corrected chi connectivity index (χ3v) is 5.01. The van der Waals surface area contributed by atoms with E-state index in [0.717, 1.165) is 10.4 Å². The lowest BCUT2D eigenvalue weighted by molar-refractivity contribution is -0.141. The van der Waals surface area contributed by atoms with Gasteiger partial charge >= 0.3 is 12.0 Å². The van der Waals surface area contributed by atoms with Crippen molar-refractivity contribution < 1.29 is 19.1 Å². The molecule has 1 aromatic carbocycles. The van der Waals surface area contributed by atoms with Gasteiger partial charge in [-0.2, -0.15) is 0 Å². The highest BCUT2D eigenvalue weighted by molar-refractivity contribution is 7.09. The summed E-state index contributed by atoms with van der Waals surface area (Å²) >= 11 is 1.58. The Bertz CT molecular complexity index is 824. The number of amides is 3. The van der Waals surface area contributed by atoms with Crippen LogP contribution in [0.1, 0.15) is 17.4 Å². The molecular weight excluding hydrogens is 402 g/mol. The van der Waals surface area contributed by atoms with Gasteiger partial charge in [-0.3, -0.25) is 9.59 Å². The predicted molar refractivity (Wildman–Crippen MR) is 117 cm³/mol. The molecule has 7 nitrogen and oxygen atoms in total. The number of hydrogen-bond donors (Lipinski definition) is 1. The van der Waals surface area contributed by atoms with Gasteiger partial charge in [0.2, 0.25) is 5.91 Å². The number of urea groups is 1. The standard InChI is InChI=1S/C22H27N3O4S/c1-3-12-24(22(28)23-14-21(27)29-4-2)17-20(26)25(16-19-11-8-13-30-19)15-18-9-6-5-7-10-18/h3,5-11,13H,1,4,12,14-17H2,2H3,(H,23,28). The van der Waals surface area contributed by atoms with Crippen molar-refractivity contribution >= 4 is 29.2 Å². The fourth-order valence-electron chi connectivity index (χ4n) is 2.74. The van der Waals surface area contributed by atoms with Crippen molar-refractivity contribution in [2.45, 2.75) is 20.0 Å². The van der Waals surface area contributed by atoms with E-state index in [1.807, 2.05) is 47.8 Å². The number of carbonyl (C=O) groups is 3. The molecule has 3 amide bonds. The SMILES string of the molecule is C=CCN(CC(=O)N(Cc1ccccc1)Cc1cccs1)C(=O)NCC(=O)OCC. The maximum Gasteiger partial charge on any atom is 0.325 e. The zero-order valence-corrected chi connectivity index (χ0v) is 17.9. The fraction of sp³-hybridized carbons (Fsp3) is 0.318. The molecule has 1 heterocycles. The molecular formula is C22H27N3O4S. The second-order valence-corrected chi connectivity index (χ2v) is 7.48. The number of nitrogens with one attached hydrogen (secondary N) is 1. The maximum atomic E-state index is 13.1. The number of nitrogens with zero attached hydrogens (tertiary/aromatic N) is 2.